The van der Waals surface area contributed by atoms with Crippen LogP contribution >= 0.6 is 23.2 Å². The topological polar surface area (TPSA) is 64.0 Å². The summed E-state index contributed by atoms with van der Waals surface area (Å²) in [5.41, 5.74) is 1.51. The number of halogens is 2. The summed E-state index contributed by atoms with van der Waals surface area (Å²) in [4.78, 5) is 30.4. The minimum Gasteiger partial charge on any atom is -0.322 e. The van der Waals surface area contributed by atoms with Crippen molar-refractivity contribution in [2.75, 3.05) is 5.32 Å². The molecule has 29 heavy (non-hydrogen) atoms. The lowest BCUT2D eigenvalue weighted by Crippen LogP contribution is -2.30. The van der Waals surface area contributed by atoms with E-state index in [0.29, 0.717) is 33.3 Å². The Balaban J connectivity index is 1.78. The second-order valence-corrected chi connectivity index (χ2v) is 7.25. The van der Waals surface area contributed by atoms with Crippen molar-refractivity contribution in [1.29, 1.82) is 0 Å². The highest BCUT2D eigenvalue weighted by Gasteiger charge is 2.17. The average Bonchev–Trinajstić information content (AvgIpc) is 2.73. The molecule has 2 aromatic carbocycles. The maximum absolute atomic E-state index is 13.2. The Morgan fingerprint density at radius 3 is 2.52 bits per heavy atom. The Morgan fingerprint density at radius 1 is 0.966 bits per heavy atom. The summed E-state index contributed by atoms with van der Waals surface area (Å²) < 4.78 is 1.51. The van der Waals surface area contributed by atoms with Gasteiger partial charge in [0.25, 0.3) is 11.5 Å². The fraction of sp³-hybridized carbons (Fsp3) is 0.0455. The van der Waals surface area contributed by atoms with E-state index in [1.165, 1.54) is 10.6 Å². The number of hydrogen-bond donors (Lipinski definition) is 1. The molecule has 144 valence electrons. The van der Waals surface area contributed by atoms with Crippen molar-refractivity contribution in [3.63, 3.8) is 0 Å². The van der Waals surface area contributed by atoms with Crippen LogP contribution in [0.3, 0.4) is 0 Å². The number of carbonyl (C=O) groups is 1. The van der Waals surface area contributed by atoms with Crippen LogP contribution in [0.5, 0.6) is 0 Å². The summed E-state index contributed by atoms with van der Waals surface area (Å²) in [6.45, 7) is 0.307. The van der Waals surface area contributed by atoms with Crippen LogP contribution in [-0.2, 0) is 6.54 Å². The van der Waals surface area contributed by atoms with Gasteiger partial charge < -0.3 is 5.32 Å². The predicted octanol–water partition coefficient (Wildman–Crippen LogP) is 5.00. The molecular weight excluding hydrogens is 409 g/mol. The van der Waals surface area contributed by atoms with E-state index in [1.807, 2.05) is 36.4 Å². The molecule has 0 saturated carbocycles. The van der Waals surface area contributed by atoms with Gasteiger partial charge >= 0.3 is 0 Å². The number of benzene rings is 2. The molecule has 0 atom stereocenters. The summed E-state index contributed by atoms with van der Waals surface area (Å²) in [5.74, 6) is -0.527. The lowest BCUT2D eigenvalue weighted by atomic mass is 10.1. The van der Waals surface area contributed by atoms with E-state index in [2.05, 4.69) is 10.3 Å². The van der Waals surface area contributed by atoms with Gasteiger partial charge in [0.2, 0.25) is 0 Å². The Hall–Kier alpha value is -3.15. The van der Waals surface area contributed by atoms with Crippen molar-refractivity contribution in [1.82, 2.24) is 9.55 Å². The van der Waals surface area contributed by atoms with Gasteiger partial charge in [0.05, 0.1) is 16.6 Å². The van der Waals surface area contributed by atoms with Gasteiger partial charge in [0.15, 0.2) is 0 Å². The normalized spacial score (nSPS) is 10.8. The van der Waals surface area contributed by atoms with E-state index >= 15 is 0 Å². The Labute approximate surface area is 176 Å². The van der Waals surface area contributed by atoms with Crippen molar-refractivity contribution in [3.05, 3.63) is 104 Å². The van der Waals surface area contributed by atoms with Crippen LogP contribution in [0.4, 0.5) is 5.69 Å². The number of anilines is 1. The van der Waals surface area contributed by atoms with Crippen LogP contribution < -0.4 is 10.9 Å². The summed E-state index contributed by atoms with van der Waals surface area (Å²) in [5, 5.41) is 4.10. The van der Waals surface area contributed by atoms with E-state index in [0.717, 1.165) is 5.56 Å². The first-order valence-corrected chi connectivity index (χ1v) is 9.57. The van der Waals surface area contributed by atoms with E-state index in [1.54, 1.807) is 30.5 Å². The number of rotatable bonds is 4. The molecule has 1 N–H and O–H groups in total. The van der Waals surface area contributed by atoms with E-state index < -0.39 is 11.5 Å². The molecule has 0 saturated heterocycles. The van der Waals surface area contributed by atoms with Crippen LogP contribution in [0, 0.1) is 0 Å². The average molecular weight is 424 g/mol. The molecule has 2 heterocycles. The molecule has 0 aliphatic carbocycles. The molecule has 1 amide bonds. The number of nitrogens with zero attached hydrogens (tertiary/aromatic N) is 2. The highest BCUT2D eigenvalue weighted by Crippen LogP contribution is 2.25. The van der Waals surface area contributed by atoms with Crippen molar-refractivity contribution < 1.29 is 4.79 Å². The van der Waals surface area contributed by atoms with Crippen molar-refractivity contribution in [2.24, 2.45) is 0 Å². The number of amides is 1. The Bertz CT molecular complexity index is 1270. The fourth-order valence-electron chi connectivity index (χ4n) is 3.05. The second-order valence-electron chi connectivity index (χ2n) is 6.43. The standard InChI is InChI=1S/C22H15Cl2N3O2/c23-18-9-8-16(12-19(18)24)26-21(28)17-11-15-7-4-10-25-20(15)27(22(17)29)13-14-5-2-1-3-6-14/h1-12H,13H2,(H,26,28). The maximum Gasteiger partial charge on any atom is 0.265 e. The van der Waals surface area contributed by atoms with Gasteiger partial charge in [0, 0.05) is 17.3 Å². The molecule has 0 spiro atoms. The molecule has 0 aliphatic heterocycles. The largest absolute Gasteiger partial charge is 0.322 e. The Morgan fingerprint density at radius 2 is 1.76 bits per heavy atom. The van der Waals surface area contributed by atoms with Crippen LogP contribution in [0.15, 0.2) is 77.7 Å². The second kappa shape index (κ2) is 8.07. The molecule has 0 fully saturated rings. The van der Waals surface area contributed by atoms with Crippen molar-refractivity contribution in [2.45, 2.75) is 6.54 Å². The van der Waals surface area contributed by atoms with Gasteiger partial charge in [-0.1, -0.05) is 53.5 Å². The molecule has 0 bridgehead atoms. The third-order valence-electron chi connectivity index (χ3n) is 4.45. The molecule has 4 aromatic rings. The number of nitrogens with one attached hydrogen (secondary N) is 1. The molecule has 7 heteroatoms. The summed E-state index contributed by atoms with van der Waals surface area (Å²) >= 11 is 11.9. The van der Waals surface area contributed by atoms with Crippen molar-refractivity contribution >= 4 is 45.8 Å². The number of carbonyl (C=O) groups excluding carboxylic acids is 1. The van der Waals surface area contributed by atoms with Crippen LogP contribution in [-0.4, -0.2) is 15.5 Å². The van der Waals surface area contributed by atoms with E-state index in [4.69, 9.17) is 23.2 Å². The monoisotopic (exact) mass is 423 g/mol. The summed E-state index contributed by atoms with van der Waals surface area (Å²) in [6.07, 6.45) is 1.62. The first-order chi connectivity index (χ1) is 14.0. The molecule has 0 radical (unpaired) electrons. The smallest absolute Gasteiger partial charge is 0.265 e. The molecule has 0 unspecified atom stereocenters. The van der Waals surface area contributed by atoms with Crippen LogP contribution in [0.25, 0.3) is 11.0 Å². The number of fused-ring (bicyclic) bond motifs is 1. The lowest BCUT2D eigenvalue weighted by molar-refractivity contribution is 0.102. The highest BCUT2D eigenvalue weighted by atomic mass is 35.5. The molecule has 5 nitrogen and oxygen atoms in total. The van der Waals surface area contributed by atoms with Crippen LogP contribution in [0.1, 0.15) is 15.9 Å². The zero-order valence-electron chi connectivity index (χ0n) is 15.1. The number of hydrogen-bond acceptors (Lipinski definition) is 3. The molecular formula is C22H15Cl2N3O2. The zero-order valence-corrected chi connectivity index (χ0v) is 16.6. The quantitative estimate of drug-likeness (QED) is 0.501. The van der Waals surface area contributed by atoms with Crippen LogP contribution in [0.2, 0.25) is 10.0 Å². The van der Waals surface area contributed by atoms with Gasteiger partial charge in [-0.15, -0.1) is 0 Å². The number of aromatic nitrogens is 2. The summed E-state index contributed by atoms with van der Waals surface area (Å²) in [7, 11) is 0. The van der Waals surface area contributed by atoms with E-state index in [-0.39, 0.29) is 5.56 Å². The third kappa shape index (κ3) is 4.01. The lowest BCUT2D eigenvalue weighted by Gasteiger charge is -2.13. The van der Waals surface area contributed by atoms with Gasteiger partial charge in [-0.05, 0) is 42.0 Å². The molecule has 4 rings (SSSR count). The highest BCUT2D eigenvalue weighted by molar-refractivity contribution is 6.42. The maximum atomic E-state index is 13.2. The predicted molar refractivity (Wildman–Crippen MR) is 116 cm³/mol. The molecule has 0 aliphatic rings. The minimum absolute atomic E-state index is 0.0208. The van der Waals surface area contributed by atoms with Gasteiger partial charge in [-0.25, -0.2) is 4.98 Å². The first-order valence-electron chi connectivity index (χ1n) is 8.82. The van der Waals surface area contributed by atoms with Gasteiger partial charge in [-0.2, -0.15) is 0 Å². The van der Waals surface area contributed by atoms with E-state index in [9.17, 15) is 9.59 Å². The minimum atomic E-state index is -0.527. The zero-order chi connectivity index (χ0) is 20.4. The van der Waals surface area contributed by atoms with Gasteiger partial charge in [0.1, 0.15) is 11.2 Å². The Kier molecular flexibility index (Phi) is 5.34. The van der Waals surface area contributed by atoms with Gasteiger partial charge in [-0.3, -0.25) is 14.2 Å². The fourth-order valence-corrected chi connectivity index (χ4v) is 3.35. The molecule has 2 aromatic heterocycles. The first kappa shape index (κ1) is 19.2. The third-order valence-corrected chi connectivity index (χ3v) is 5.19. The number of pyridine rings is 2. The summed E-state index contributed by atoms with van der Waals surface area (Å²) in [6, 6.07) is 19.4. The van der Waals surface area contributed by atoms with Crippen molar-refractivity contribution in [3.8, 4) is 0 Å². The SMILES string of the molecule is O=C(Nc1ccc(Cl)c(Cl)c1)c1cc2cccnc2n(Cc2ccccc2)c1=O.